The van der Waals surface area contributed by atoms with Gasteiger partial charge in [0, 0.05) is 12.6 Å². The Kier molecular flexibility index (Phi) is 7.70. The fourth-order valence-electron chi connectivity index (χ4n) is 3.38. The van der Waals surface area contributed by atoms with Gasteiger partial charge in [0.05, 0.1) is 7.11 Å². The summed E-state index contributed by atoms with van der Waals surface area (Å²) in [5.41, 5.74) is 5.87. The molecule has 0 aliphatic carbocycles. The first kappa shape index (κ1) is 20.5. The molecule has 1 fully saturated rings. The van der Waals surface area contributed by atoms with E-state index in [9.17, 15) is 9.59 Å². The minimum Gasteiger partial charge on any atom is -0.468 e. The van der Waals surface area contributed by atoms with Gasteiger partial charge in [0.25, 0.3) is 0 Å². The zero-order valence-electron chi connectivity index (χ0n) is 14.4. The van der Waals surface area contributed by atoms with Gasteiger partial charge in [-0.2, -0.15) is 0 Å². The van der Waals surface area contributed by atoms with Crippen molar-refractivity contribution in [3.05, 3.63) is 35.9 Å². The van der Waals surface area contributed by atoms with Crippen LogP contribution in [-0.4, -0.2) is 43.0 Å². The molecule has 1 amide bonds. The molecule has 1 aromatic carbocycles. The van der Waals surface area contributed by atoms with E-state index < -0.39 is 11.4 Å². The van der Waals surface area contributed by atoms with Crippen LogP contribution < -0.4 is 5.73 Å². The lowest BCUT2D eigenvalue weighted by Crippen LogP contribution is -2.40. The predicted molar refractivity (Wildman–Crippen MR) is 95.9 cm³/mol. The minimum atomic E-state index is -1.07. The first-order valence-electron chi connectivity index (χ1n) is 8.16. The van der Waals surface area contributed by atoms with Gasteiger partial charge in [-0.15, -0.1) is 12.4 Å². The highest BCUT2D eigenvalue weighted by Gasteiger charge is 2.53. The quantitative estimate of drug-likeness (QED) is 0.601. The van der Waals surface area contributed by atoms with Crippen molar-refractivity contribution in [3.8, 4) is 0 Å². The molecule has 134 valence electrons. The van der Waals surface area contributed by atoms with E-state index >= 15 is 0 Å². The summed E-state index contributed by atoms with van der Waals surface area (Å²) < 4.78 is 4.84. The molecule has 0 unspecified atom stereocenters. The SMILES string of the molecule is COC(=O)[C@@]1(C)C[C@@H](CCN)N(CCCc2ccccc2)C1=O.Cl. The van der Waals surface area contributed by atoms with Crippen LogP contribution in [0, 0.1) is 5.41 Å². The van der Waals surface area contributed by atoms with Crippen LogP contribution in [0.1, 0.15) is 31.7 Å². The number of ether oxygens (including phenoxy) is 1. The number of methoxy groups -OCH3 is 1. The number of amides is 1. The predicted octanol–water partition coefficient (Wildman–Crippen LogP) is 2.17. The largest absolute Gasteiger partial charge is 0.468 e. The smallest absolute Gasteiger partial charge is 0.321 e. The summed E-state index contributed by atoms with van der Waals surface area (Å²) in [6.45, 7) is 2.83. The van der Waals surface area contributed by atoms with Crippen LogP contribution in [0.2, 0.25) is 0 Å². The van der Waals surface area contributed by atoms with Crippen LogP contribution in [-0.2, 0) is 20.7 Å². The Morgan fingerprint density at radius 1 is 1.38 bits per heavy atom. The molecule has 1 aliphatic heterocycles. The minimum absolute atomic E-state index is 0. The third-order valence-corrected chi connectivity index (χ3v) is 4.66. The monoisotopic (exact) mass is 354 g/mol. The summed E-state index contributed by atoms with van der Waals surface area (Å²) >= 11 is 0. The number of aryl methyl sites for hydroxylation is 1. The first-order valence-corrected chi connectivity index (χ1v) is 8.16. The molecule has 0 radical (unpaired) electrons. The molecule has 0 saturated carbocycles. The molecular formula is C18H27ClN2O3. The Labute approximate surface area is 149 Å². The van der Waals surface area contributed by atoms with E-state index in [4.69, 9.17) is 10.5 Å². The van der Waals surface area contributed by atoms with E-state index in [0.717, 1.165) is 12.8 Å². The topological polar surface area (TPSA) is 72.6 Å². The van der Waals surface area contributed by atoms with Gasteiger partial charge in [0.2, 0.25) is 5.91 Å². The Morgan fingerprint density at radius 2 is 2.04 bits per heavy atom. The molecule has 1 aliphatic rings. The molecule has 1 heterocycles. The maximum absolute atomic E-state index is 12.7. The fourth-order valence-corrected chi connectivity index (χ4v) is 3.38. The van der Waals surface area contributed by atoms with Gasteiger partial charge in [0.15, 0.2) is 0 Å². The highest BCUT2D eigenvalue weighted by Crippen LogP contribution is 2.38. The van der Waals surface area contributed by atoms with Gasteiger partial charge in [-0.3, -0.25) is 9.59 Å². The number of hydrogen-bond acceptors (Lipinski definition) is 4. The van der Waals surface area contributed by atoms with Crippen LogP contribution in [0.5, 0.6) is 0 Å². The van der Waals surface area contributed by atoms with Gasteiger partial charge >= 0.3 is 5.97 Å². The maximum Gasteiger partial charge on any atom is 0.321 e. The number of halogens is 1. The third-order valence-electron chi connectivity index (χ3n) is 4.66. The Balaban J connectivity index is 0.00000288. The second-order valence-corrected chi connectivity index (χ2v) is 6.35. The van der Waals surface area contributed by atoms with Crippen LogP contribution >= 0.6 is 12.4 Å². The number of rotatable bonds is 7. The number of nitrogens with two attached hydrogens (primary N) is 1. The van der Waals surface area contributed by atoms with E-state index in [2.05, 4.69) is 12.1 Å². The number of nitrogens with zero attached hydrogens (tertiary/aromatic N) is 1. The van der Waals surface area contributed by atoms with Crippen molar-refractivity contribution in [2.75, 3.05) is 20.2 Å². The Morgan fingerprint density at radius 3 is 2.62 bits per heavy atom. The molecule has 2 N–H and O–H groups in total. The summed E-state index contributed by atoms with van der Waals surface area (Å²) in [6, 6.07) is 10.2. The average molecular weight is 355 g/mol. The zero-order chi connectivity index (χ0) is 16.9. The number of carbonyl (C=O) groups is 2. The standard InChI is InChI=1S/C18H26N2O3.ClH/c1-18(17(22)23-2)13-15(10-11-19)20(16(18)21)12-6-9-14-7-4-3-5-8-14;/h3-5,7-8,15H,6,9-13,19H2,1-2H3;1H/t15-,18+;/m1./s1. The number of likely N-dealkylation sites (tertiary alicyclic amines) is 1. The molecule has 24 heavy (non-hydrogen) atoms. The maximum atomic E-state index is 12.7. The molecule has 1 aromatic rings. The van der Waals surface area contributed by atoms with Gasteiger partial charge in [-0.1, -0.05) is 30.3 Å². The molecule has 1 saturated heterocycles. The normalized spacial score (nSPS) is 23.0. The Hall–Kier alpha value is -1.59. The lowest BCUT2D eigenvalue weighted by molar-refractivity contribution is -0.157. The van der Waals surface area contributed by atoms with Crippen molar-refractivity contribution in [1.82, 2.24) is 4.90 Å². The summed E-state index contributed by atoms with van der Waals surface area (Å²) in [5.74, 6) is -0.578. The van der Waals surface area contributed by atoms with Crippen molar-refractivity contribution in [2.24, 2.45) is 11.1 Å². The van der Waals surface area contributed by atoms with Gasteiger partial charge in [-0.05, 0) is 44.7 Å². The molecule has 0 spiro atoms. The Bertz CT molecular complexity index is 552. The lowest BCUT2D eigenvalue weighted by atomic mass is 9.86. The first-order chi connectivity index (χ1) is 11.0. The van der Waals surface area contributed by atoms with E-state index in [1.54, 1.807) is 6.92 Å². The van der Waals surface area contributed by atoms with Gasteiger partial charge in [0.1, 0.15) is 5.41 Å². The molecule has 0 bridgehead atoms. The van der Waals surface area contributed by atoms with E-state index in [1.165, 1.54) is 12.7 Å². The third kappa shape index (κ3) is 4.28. The van der Waals surface area contributed by atoms with Crippen LogP contribution in [0.25, 0.3) is 0 Å². The number of esters is 1. The lowest BCUT2D eigenvalue weighted by Gasteiger charge is -2.24. The number of benzene rings is 1. The molecule has 0 aromatic heterocycles. The van der Waals surface area contributed by atoms with E-state index in [0.29, 0.717) is 25.9 Å². The highest BCUT2D eigenvalue weighted by molar-refractivity contribution is 6.04. The van der Waals surface area contributed by atoms with Crippen molar-refractivity contribution in [2.45, 2.75) is 38.6 Å². The molecular weight excluding hydrogens is 328 g/mol. The van der Waals surface area contributed by atoms with Gasteiger partial charge in [-0.25, -0.2) is 0 Å². The van der Waals surface area contributed by atoms with Crippen LogP contribution in [0.3, 0.4) is 0 Å². The van der Waals surface area contributed by atoms with Crippen molar-refractivity contribution < 1.29 is 14.3 Å². The summed E-state index contributed by atoms with van der Waals surface area (Å²) in [7, 11) is 1.33. The molecule has 5 nitrogen and oxygen atoms in total. The van der Waals surface area contributed by atoms with Crippen LogP contribution in [0.4, 0.5) is 0 Å². The van der Waals surface area contributed by atoms with E-state index in [-0.39, 0.29) is 24.4 Å². The van der Waals surface area contributed by atoms with Crippen molar-refractivity contribution in [1.29, 1.82) is 0 Å². The summed E-state index contributed by atoms with van der Waals surface area (Å²) in [6.07, 6.45) is 2.98. The number of carbonyl (C=O) groups excluding carboxylic acids is 2. The second kappa shape index (κ2) is 9.04. The fraction of sp³-hybridized carbons (Fsp3) is 0.556. The summed E-state index contributed by atoms with van der Waals surface area (Å²) in [4.78, 5) is 26.6. The molecule has 2 atom stereocenters. The number of hydrogen-bond donors (Lipinski definition) is 1. The van der Waals surface area contributed by atoms with E-state index in [1.807, 2.05) is 23.1 Å². The summed E-state index contributed by atoms with van der Waals surface area (Å²) in [5, 5.41) is 0. The molecule has 2 rings (SSSR count). The van der Waals surface area contributed by atoms with Crippen LogP contribution in [0.15, 0.2) is 30.3 Å². The second-order valence-electron chi connectivity index (χ2n) is 6.35. The highest BCUT2D eigenvalue weighted by atomic mass is 35.5. The van der Waals surface area contributed by atoms with Crippen molar-refractivity contribution in [3.63, 3.8) is 0 Å². The van der Waals surface area contributed by atoms with Crippen molar-refractivity contribution >= 4 is 24.3 Å². The molecule has 6 heteroatoms. The zero-order valence-corrected chi connectivity index (χ0v) is 15.2. The average Bonchev–Trinajstić information content (AvgIpc) is 2.81. The van der Waals surface area contributed by atoms with Gasteiger partial charge < -0.3 is 15.4 Å².